The Balaban J connectivity index is 2.36. The number of nitrogens with one attached hydrogen (secondary N) is 1. The molecule has 5 nitrogen and oxygen atoms in total. The van der Waals surface area contributed by atoms with E-state index >= 15 is 0 Å². The second-order valence-corrected chi connectivity index (χ2v) is 4.84. The van der Waals surface area contributed by atoms with Gasteiger partial charge in [0.05, 0.1) is 24.8 Å². The topological polar surface area (TPSA) is 67.3 Å². The molecule has 0 aliphatic carbocycles. The largest absolute Gasteiger partial charge is 0.481 e. The summed E-state index contributed by atoms with van der Waals surface area (Å²) in [5.41, 5.74) is 1.18. The number of rotatable bonds is 5. The second kappa shape index (κ2) is 5.88. The van der Waals surface area contributed by atoms with E-state index in [9.17, 15) is 5.11 Å². The summed E-state index contributed by atoms with van der Waals surface area (Å²) in [5, 5.41) is 13.1. The van der Waals surface area contributed by atoms with Crippen molar-refractivity contribution in [1.82, 2.24) is 9.97 Å². The van der Waals surface area contributed by atoms with Crippen molar-refractivity contribution in [3.8, 4) is 5.88 Å². The van der Waals surface area contributed by atoms with Crippen molar-refractivity contribution >= 4 is 5.82 Å². The smallest absolute Gasteiger partial charge is 0.221 e. The standard InChI is InChI=1S/C15H19N3O2/c1-11-13(16-10-17-14(11)20-3)18-15(2,9-19)12-7-5-4-6-8-12/h4-8,10,19H,9H2,1-3H3,(H,16,17,18). The Bertz CT molecular complexity index is 575. The molecular weight excluding hydrogens is 254 g/mol. The summed E-state index contributed by atoms with van der Waals surface area (Å²) in [6, 6.07) is 9.77. The molecule has 0 bridgehead atoms. The van der Waals surface area contributed by atoms with E-state index in [0.717, 1.165) is 11.1 Å². The maximum Gasteiger partial charge on any atom is 0.221 e. The number of methoxy groups -OCH3 is 1. The fraction of sp³-hybridized carbons (Fsp3) is 0.333. The molecule has 106 valence electrons. The summed E-state index contributed by atoms with van der Waals surface area (Å²) < 4.78 is 5.19. The summed E-state index contributed by atoms with van der Waals surface area (Å²) >= 11 is 0. The molecule has 5 heteroatoms. The highest BCUT2D eigenvalue weighted by Gasteiger charge is 2.27. The first-order valence-electron chi connectivity index (χ1n) is 6.41. The average Bonchev–Trinajstić information content (AvgIpc) is 2.50. The maximum atomic E-state index is 9.78. The lowest BCUT2D eigenvalue weighted by Gasteiger charge is -2.30. The Morgan fingerprint density at radius 1 is 1.25 bits per heavy atom. The minimum absolute atomic E-state index is 0.0528. The highest BCUT2D eigenvalue weighted by molar-refractivity contribution is 5.51. The Morgan fingerprint density at radius 3 is 2.55 bits per heavy atom. The number of aliphatic hydroxyl groups excluding tert-OH is 1. The molecule has 0 aliphatic heterocycles. The van der Waals surface area contributed by atoms with E-state index in [1.54, 1.807) is 7.11 Å². The van der Waals surface area contributed by atoms with Gasteiger partial charge in [-0.15, -0.1) is 0 Å². The maximum absolute atomic E-state index is 9.78. The van der Waals surface area contributed by atoms with Crippen molar-refractivity contribution in [1.29, 1.82) is 0 Å². The number of aliphatic hydroxyl groups is 1. The number of aromatic nitrogens is 2. The molecule has 1 heterocycles. The predicted molar refractivity (Wildman–Crippen MR) is 77.8 cm³/mol. The van der Waals surface area contributed by atoms with Crippen LogP contribution < -0.4 is 10.1 Å². The lowest BCUT2D eigenvalue weighted by Crippen LogP contribution is -2.36. The van der Waals surface area contributed by atoms with Gasteiger partial charge >= 0.3 is 0 Å². The fourth-order valence-corrected chi connectivity index (χ4v) is 2.04. The Labute approximate surface area is 118 Å². The lowest BCUT2D eigenvalue weighted by atomic mass is 9.93. The van der Waals surface area contributed by atoms with Crippen LogP contribution in [0.4, 0.5) is 5.82 Å². The van der Waals surface area contributed by atoms with Crippen LogP contribution >= 0.6 is 0 Å². The zero-order valence-corrected chi connectivity index (χ0v) is 11.9. The monoisotopic (exact) mass is 273 g/mol. The van der Waals surface area contributed by atoms with E-state index in [2.05, 4.69) is 15.3 Å². The third kappa shape index (κ3) is 2.72. The summed E-state index contributed by atoms with van der Waals surface area (Å²) in [5.74, 6) is 1.17. The SMILES string of the molecule is COc1ncnc(NC(C)(CO)c2ccccc2)c1C. The number of anilines is 1. The number of benzene rings is 1. The minimum atomic E-state index is -0.620. The average molecular weight is 273 g/mol. The number of hydrogen-bond donors (Lipinski definition) is 2. The predicted octanol–water partition coefficient (Wildman–Crippen LogP) is 2.11. The molecule has 0 saturated heterocycles. The Kier molecular flexibility index (Phi) is 4.20. The van der Waals surface area contributed by atoms with Gasteiger partial charge in [-0.05, 0) is 19.4 Å². The van der Waals surface area contributed by atoms with E-state index in [-0.39, 0.29) is 6.61 Å². The van der Waals surface area contributed by atoms with Crippen LogP contribution in [0.25, 0.3) is 0 Å². The Hall–Kier alpha value is -2.14. The van der Waals surface area contributed by atoms with Gasteiger partial charge in [0.25, 0.3) is 0 Å². The number of hydrogen-bond acceptors (Lipinski definition) is 5. The molecule has 0 spiro atoms. The second-order valence-electron chi connectivity index (χ2n) is 4.84. The van der Waals surface area contributed by atoms with Crippen LogP contribution in [0.5, 0.6) is 5.88 Å². The van der Waals surface area contributed by atoms with Crippen molar-refractivity contribution < 1.29 is 9.84 Å². The summed E-state index contributed by atoms with van der Waals surface area (Å²) in [6.07, 6.45) is 1.44. The number of nitrogens with zero attached hydrogens (tertiary/aromatic N) is 2. The van der Waals surface area contributed by atoms with E-state index in [0.29, 0.717) is 11.7 Å². The van der Waals surface area contributed by atoms with Gasteiger partial charge in [0.15, 0.2) is 0 Å². The summed E-state index contributed by atoms with van der Waals surface area (Å²) in [4.78, 5) is 8.28. The van der Waals surface area contributed by atoms with Crippen molar-refractivity contribution in [2.45, 2.75) is 19.4 Å². The zero-order chi connectivity index (χ0) is 14.6. The first kappa shape index (κ1) is 14.3. The van der Waals surface area contributed by atoms with Gasteiger partial charge < -0.3 is 15.2 Å². The van der Waals surface area contributed by atoms with Crippen molar-refractivity contribution in [3.05, 3.63) is 47.8 Å². The molecule has 0 fully saturated rings. The summed E-state index contributed by atoms with van der Waals surface area (Å²) in [7, 11) is 1.57. The highest BCUT2D eigenvalue weighted by atomic mass is 16.5. The molecular formula is C15H19N3O2. The minimum Gasteiger partial charge on any atom is -0.481 e. The van der Waals surface area contributed by atoms with Gasteiger partial charge in [-0.3, -0.25) is 0 Å². The molecule has 0 saturated carbocycles. The van der Waals surface area contributed by atoms with Gasteiger partial charge in [-0.25, -0.2) is 9.97 Å². The first-order valence-corrected chi connectivity index (χ1v) is 6.41. The molecule has 0 aliphatic rings. The molecule has 1 atom stereocenters. The third-order valence-corrected chi connectivity index (χ3v) is 3.35. The first-order chi connectivity index (χ1) is 9.60. The third-order valence-electron chi connectivity index (χ3n) is 3.35. The van der Waals surface area contributed by atoms with E-state index < -0.39 is 5.54 Å². The van der Waals surface area contributed by atoms with Crippen LogP contribution in [-0.2, 0) is 5.54 Å². The van der Waals surface area contributed by atoms with E-state index in [4.69, 9.17) is 4.74 Å². The fourth-order valence-electron chi connectivity index (χ4n) is 2.04. The molecule has 1 aromatic carbocycles. The molecule has 20 heavy (non-hydrogen) atoms. The van der Waals surface area contributed by atoms with Crippen LogP contribution in [0.15, 0.2) is 36.7 Å². The van der Waals surface area contributed by atoms with Crippen LogP contribution in [0.3, 0.4) is 0 Å². The molecule has 2 N–H and O–H groups in total. The molecule has 1 aromatic heterocycles. The molecule has 0 amide bonds. The van der Waals surface area contributed by atoms with E-state index in [1.807, 2.05) is 44.2 Å². The van der Waals surface area contributed by atoms with Gasteiger partial charge in [0.2, 0.25) is 5.88 Å². The van der Waals surface area contributed by atoms with Crippen LogP contribution in [0, 0.1) is 6.92 Å². The van der Waals surface area contributed by atoms with Crippen molar-refractivity contribution in [2.24, 2.45) is 0 Å². The van der Waals surface area contributed by atoms with Crippen LogP contribution in [0.1, 0.15) is 18.1 Å². The molecule has 2 aromatic rings. The quantitative estimate of drug-likeness (QED) is 0.873. The lowest BCUT2D eigenvalue weighted by molar-refractivity contribution is 0.223. The van der Waals surface area contributed by atoms with Crippen molar-refractivity contribution in [2.75, 3.05) is 19.0 Å². The summed E-state index contributed by atoms with van der Waals surface area (Å²) in [6.45, 7) is 3.75. The number of ether oxygens (including phenoxy) is 1. The van der Waals surface area contributed by atoms with Gasteiger partial charge in [0.1, 0.15) is 12.1 Å². The normalized spacial score (nSPS) is 13.6. The zero-order valence-electron chi connectivity index (χ0n) is 11.9. The molecule has 1 unspecified atom stereocenters. The van der Waals surface area contributed by atoms with Crippen molar-refractivity contribution in [3.63, 3.8) is 0 Å². The van der Waals surface area contributed by atoms with Gasteiger partial charge in [-0.2, -0.15) is 0 Å². The molecule has 2 rings (SSSR count). The Morgan fingerprint density at radius 2 is 1.95 bits per heavy atom. The van der Waals surface area contributed by atoms with Gasteiger partial charge in [-0.1, -0.05) is 30.3 Å². The van der Waals surface area contributed by atoms with Crippen LogP contribution in [-0.4, -0.2) is 28.8 Å². The molecule has 0 radical (unpaired) electrons. The van der Waals surface area contributed by atoms with Gasteiger partial charge in [0, 0.05) is 0 Å². The van der Waals surface area contributed by atoms with E-state index in [1.165, 1.54) is 6.33 Å². The highest BCUT2D eigenvalue weighted by Crippen LogP contribution is 2.28. The van der Waals surface area contributed by atoms with Crippen LogP contribution in [0.2, 0.25) is 0 Å².